The minimum atomic E-state index is -4.85. The normalized spacial score (nSPS) is 11.9. The Morgan fingerprint density at radius 3 is 2.39 bits per heavy atom. The van der Waals surface area contributed by atoms with E-state index < -0.39 is 46.3 Å². The van der Waals surface area contributed by atoms with Gasteiger partial charge in [0.25, 0.3) is 6.43 Å². The summed E-state index contributed by atoms with van der Waals surface area (Å²) in [5.74, 6) is -1.52. The zero-order valence-corrected chi connectivity index (χ0v) is 10.0. The predicted octanol–water partition coefficient (Wildman–Crippen LogP) is 3.43. The van der Waals surface area contributed by atoms with Gasteiger partial charge < -0.3 is 5.11 Å². The smallest absolute Gasteiger partial charge is 0.434 e. The number of hydrogen-bond donors (Lipinski definition) is 1. The third-order valence-electron chi connectivity index (χ3n) is 1.99. The average Bonchev–Trinajstić information content (AvgIpc) is 2.17. The van der Waals surface area contributed by atoms with Crippen molar-refractivity contribution in [2.24, 2.45) is 0 Å². The highest BCUT2D eigenvalue weighted by Gasteiger charge is 2.37. The molecule has 0 radical (unpaired) electrons. The van der Waals surface area contributed by atoms with Crippen LogP contribution in [0.4, 0.5) is 22.0 Å². The number of carbonyl (C=O) groups is 1. The topological polar surface area (TPSA) is 50.2 Å². The van der Waals surface area contributed by atoms with E-state index in [1.165, 1.54) is 0 Å². The SMILES string of the molecule is O=C(O)Cc1c(C(F)F)cnc(C(F)(F)F)c1Br. The van der Waals surface area contributed by atoms with Gasteiger partial charge in [0.15, 0.2) is 5.69 Å². The Kier molecular flexibility index (Phi) is 4.25. The molecule has 0 spiro atoms. The van der Waals surface area contributed by atoms with Gasteiger partial charge in [-0.25, -0.2) is 8.78 Å². The van der Waals surface area contributed by atoms with Gasteiger partial charge in [-0.1, -0.05) is 0 Å². The van der Waals surface area contributed by atoms with Crippen LogP contribution in [0.5, 0.6) is 0 Å². The quantitative estimate of drug-likeness (QED) is 0.862. The van der Waals surface area contributed by atoms with E-state index >= 15 is 0 Å². The van der Waals surface area contributed by atoms with Gasteiger partial charge >= 0.3 is 12.1 Å². The molecule has 1 N–H and O–H groups in total. The van der Waals surface area contributed by atoms with Crippen molar-refractivity contribution < 1.29 is 31.9 Å². The fourth-order valence-corrected chi connectivity index (χ4v) is 1.95. The van der Waals surface area contributed by atoms with Crippen molar-refractivity contribution in [3.05, 3.63) is 27.5 Å². The molecule has 0 fully saturated rings. The molecule has 0 amide bonds. The highest BCUT2D eigenvalue weighted by Crippen LogP contribution is 2.38. The van der Waals surface area contributed by atoms with Gasteiger partial charge in [0.05, 0.1) is 10.9 Å². The lowest BCUT2D eigenvalue weighted by Gasteiger charge is -2.14. The van der Waals surface area contributed by atoms with Gasteiger partial charge in [0, 0.05) is 11.8 Å². The fourth-order valence-electron chi connectivity index (χ4n) is 1.25. The van der Waals surface area contributed by atoms with Crippen molar-refractivity contribution in [3.63, 3.8) is 0 Å². The molecule has 1 aromatic heterocycles. The Bertz CT molecular complexity index is 475. The Labute approximate surface area is 106 Å². The van der Waals surface area contributed by atoms with Gasteiger partial charge in [-0.3, -0.25) is 9.78 Å². The molecule has 0 aliphatic rings. The van der Waals surface area contributed by atoms with Crippen molar-refractivity contribution in [1.82, 2.24) is 4.98 Å². The first-order valence-electron chi connectivity index (χ1n) is 4.39. The minimum absolute atomic E-state index is 0.344. The molecule has 0 aliphatic heterocycles. The average molecular weight is 334 g/mol. The molecule has 0 saturated heterocycles. The summed E-state index contributed by atoms with van der Waals surface area (Å²) in [6, 6.07) is 0. The lowest BCUT2D eigenvalue weighted by atomic mass is 10.1. The number of halogens is 6. The number of alkyl halides is 5. The molecule has 0 atom stereocenters. The van der Waals surface area contributed by atoms with Crippen LogP contribution in [0.2, 0.25) is 0 Å². The first-order valence-corrected chi connectivity index (χ1v) is 5.18. The minimum Gasteiger partial charge on any atom is -0.481 e. The van der Waals surface area contributed by atoms with E-state index in [0.29, 0.717) is 6.20 Å². The van der Waals surface area contributed by atoms with Gasteiger partial charge in [-0.2, -0.15) is 13.2 Å². The van der Waals surface area contributed by atoms with E-state index in [9.17, 15) is 26.7 Å². The number of nitrogens with zero attached hydrogens (tertiary/aromatic N) is 1. The molecular formula is C9H5BrF5NO2. The number of rotatable bonds is 3. The van der Waals surface area contributed by atoms with Crippen LogP contribution in [0.3, 0.4) is 0 Å². The molecular weight excluding hydrogens is 329 g/mol. The van der Waals surface area contributed by atoms with E-state index in [4.69, 9.17) is 5.11 Å². The van der Waals surface area contributed by atoms with E-state index in [2.05, 4.69) is 20.9 Å². The lowest BCUT2D eigenvalue weighted by molar-refractivity contribution is -0.142. The molecule has 0 aromatic carbocycles. The number of carboxylic acids is 1. The number of aliphatic carboxylic acids is 1. The molecule has 0 unspecified atom stereocenters. The number of aromatic nitrogens is 1. The molecule has 1 rings (SSSR count). The molecule has 100 valence electrons. The highest BCUT2D eigenvalue weighted by molar-refractivity contribution is 9.10. The summed E-state index contributed by atoms with van der Waals surface area (Å²) in [5.41, 5.74) is -2.89. The van der Waals surface area contributed by atoms with Crippen molar-refractivity contribution in [3.8, 4) is 0 Å². The molecule has 0 saturated carbocycles. The lowest BCUT2D eigenvalue weighted by Crippen LogP contribution is -2.14. The summed E-state index contributed by atoms with van der Waals surface area (Å²) >= 11 is 2.49. The first kappa shape index (κ1) is 14.8. The summed E-state index contributed by atoms with van der Waals surface area (Å²) in [5, 5.41) is 8.52. The van der Waals surface area contributed by atoms with Gasteiger partial charge in [0.1, 0.15) is 0 Å². The van der Waals surface area contributed by atoms with Crippen LogP contribution >= 0.6 is 15.9 Å². The van der Waals surface area contributed by atoms with Crippen molar-refractivity contribution in [2.75, 3.05) is 0 Å². The summed E-state index contributed by atoms with van der Waals surface area (Å²) in [6.07, 6.45) is -8.57. The highest BCUT2D eigenvalue weighted by atomic mass is 79.9. The standard InChI is InChI=1S/C9H5BrF5NO2/c10-6-3(1-5(17)18)4(8(11)12)2-16-7(6)9(13,14)15/h2,8H,1H2,(H,17,18). The summed E-state index contributed by atoms with van der Waals surface area (Å²) in [4.78, 5) is 13.4. The van der Waals surface area contributed by atoms with Gasteiger partial charge in [0.2, 0.25) is 0 Å². The zero-order chi connectivity index (χ0) is 14.1. The molecule has 9 heteroatoms. The largest absolute Gasteiger partial charge is 0.481 e. The summed E-state index contributed by atoms with van der Waals surface area (Å²) < 4.78 is 61.7. The van der Waals surface area contributed by atoms with E-state index in [-0.39, 0.29) is 0 Å². The molecule has 1 heterocycles. The van der Waals surface area contributed by atoms with Gasteiger partial charge in [-0.05, 0) is 21.5 Å². The summed E-state index contributed by atoms with van der Waals surface area (Å²) in [7, 11) is 0. The number of carboxylic acid groups (broad SMARTS) is 1. The first-order chi connectivity index (χ1) is 8.14. The maximum Gasteiger partial charge on any atom is 0.434 e. The Morgan fingerprint density at radius 1 is 1.44 bits per heavy atom. The van der Waals surface area contributed by atoms with Crippen LogP contribution in [0.15, 0.2) is 10.7 Å². The second-order valence-electron chi connectivity index (χ2n) is 3.22. The Balaban J connectivity index is 3.44. The molecule has 0 bridgehead atoms. The maximum absolute atomic E-state index is 12.6. The molecule has 3 nitrogen and oxygen atoms in total. The molecule has 1 aromatic rings. The second-order valence-corrected chi connectivity index (χ2v) is 4.02. The van der Waals surface area contributed by atoms with Crippen molar-refractivity contribution in [1.29, 1.82) is 0 Å². The summed E-state index contributed by atoms with van der Waals surface area (Å²) in [6.45, 7) is 0. The number of pyridine rings is 1. The third kappa shape index (κ3) is 3.15. The maximum atomic E-state index is 12.6. The van der Waals surface area contributed by atoms with E-state index in [1.54, 1.807) is 0 Å². The predicted molar refractivity (Wildman–Crippen MR) is 53.2 cm³/mol. The van der Waals surface area contributed by atoms with Crippen LogP contribution < -0.4 is 0 Å². The van der Waals surface area contributed by atoms with E-state index in [0.717, 1.165) is 0 Å². The van der Waals surface area contributed by atoms with Gasteiger partial charge in [-0.15, -0.1) is 0 Å². The monoisotopic (exact) mass is 333 g/mol. The third-order valence-corrected chi connectivity index (χ3v) is 2.84. The van der Waals surface area contributed by atoms with Crippen LogP contribution in [0.25, 0.3) is 0 Å². The van der Waals surface area contributed by atoms with Crippen LogP contribution in [0, 0.1) is 0 Å². The van der Waals surface area contributed by atoms with Crippen molar-refractivity contribution >= 4 is 21.9 Å². The van der Waals surface area contributed by atoms with E-state index in [1.807, 2.05) is 0 Å². The second kappa shape index (κ2) is 5.17. The molecule has 18 heavy (non-hydrogen) atoms. The Morgan fingerprint density at radius 2 is 2.00 bits per heavy atom. The van der Waals surface area contributed by atoms with Crippen molar-refractivity contribution in [2.45, 2.75) is 19.0 Å². The zero-order valence-electron chi connectivity index (χ0n) is 8.43. The van der Waals surface area contributed by atoms with Crippen LogP contribution in [-0.4, -0.2) is 16.1 Å². The Hall–Kier alpha value is -1.25. The number of hydrogen-bond acceptors (Lipinski definition) is 2. The molecule has 0 aliphatic carbocycles. The van der Waals surface area contributed by atoms with Crippen LogP contribution in [-0.2, 0) is 17.4 Å². The fraction of sp³-hybridized carbons (Fsp3) is 0.333. The van der Waals surface area contributed by atoms with Crippen LogP contribution in [0.1, 0.15) is 23.2 Å².